The predicted octanol–water partition coefficient (Wildman–Crippen LogP) is 2.01. The Morgan fingerprint density at radius 1 is 1.30 bits per heavy atom. The third-order valence-corrected chi connectivity index (χ3v) is 3.58. The average molecular weight is 316 g/mol. The maximum atomic E-state index is 13.2. The van der Waals surface area contributed by atoms with Gasteiger partial charge in [-0.25, -0.2) is 4.39 Å². The molecule has 2 N–H and O–H groups in total. The summed E-state index contributed by atoms with van der Waals surface area (Å²) < 4.78 is 18.3. The second kappa shape index (κ2) is 6.04. The molecular weight excluding hydrogens is 303 g/mol. The summed E-state index contributed by atoms with van der Waals surface area (Å²) >= 11 is 0. The van der Waals surface area contributed by atoms with Crippen molar-refractivity contribution < 1.29 is 23.5 Å². The van der Waals surface area contributed by atoms with Crippen LogP contribution < -0.4 is 5.32 Å². The van der Waals surface area contributed by atoms with Crippen LogP contribution in [0, 0.1) is 5.82 Å². The van der Waals surface area contributed by atoms with E-state index in [1.807, 2.05) is 0 Å². The molecule has 0 saturated heterocycles. The number of benzene rings is 1. The molecule has 1 aliphatic rings. The molecule has 3 rings (SSSR count). The average Bonchev–Trinajstić information content (AvgIpc) is 3.05. The van der Waals surface area contributed by atoms with Crippen LogP contribution in [0.25, 0.3) is 0 Å². The first-order chi connectivity index (χ1) is 11.0. The van der Waals surface area contributed by atoms with E-state index in [-0.39, 0.29) is 17.9 Å². The second-order valence-electron chi connectivity index (χ2n) is 5.15. The molecular formula is C16H13FN2O4. The van der Waals surface area contributed by atoms with E-state index in [0.717, 1.165) is 6.07 Å². The van der Waals surface area contributed by atoms with E-state index in [9.17, 15) is 18.8 Å². The number of nitrogens with one attached hydrogen (secondary N) is 2. The van der Waals surface area contributed by atoms with Gasteiger partial charge in [0.2, 0.25) is 11.7 Å². The predicted molar refractivity (Wildman–Crippen MR) is 78.5 cm³/mol. The van der Waals surface area contributed by atoms with Gasteiger partial charge in [-0.15, -0.1) is 0 Å². The maximum absolute atomic E-state index is 13.2. The fourth-order valence-corrected chi connectivity index (χ4v) is 2.47. The van der Waals surface area contributed by atoms with Crippen LogP contribution in [0.2, 0.25) is 0 Å². The Hall–Kier alpha value is -2.96. The number of H-pyrrole nitrogens is 1. The molecule has 0 fully saturated rings. The van der Waals surface area contributed by atoms with Gasteiger partial charge in [-0.3, -0.25) is 14.4 Å². The molecule has 2 aromatic rings. The normalized spacial score (nSPS) is 16.4. The van der Waals surface area contributed by atoms with Gasteiger partial charge in [0.25, 0.3) is 0 Å². The number of Topliss-reactive ketones (excluding diaryl/α,β-unsaturated/α-hetero) is 1. The zero-order chi connectivity index (χ0) is 16.4. The number of amides is 1. The Bertz CT molecular complexity index is 770. The highest BCUT2D eigenvalue weighted by Gasteiger charge is 2.32. The third kappa shape index (κ3) is 3.13. The van der Waals surface area contributed by atoms with Crippen molar-refractivity contribution in [3.63, 3.8) is 0 Å². The van der Waals surface area contributed by atoms with Gasteiger partial charge in [0.1, 0.15) is 5.82 Å². The second-order valence-corrected chi connectivity index (χ2v) is 5.15. The number of carbonyl (C=O) groups excluding carboxylic acids is 3. The first-order valence-corrected chi connectivity index (χ1v) is 6.97. The van der Waals surface area contributed by atoms with Gasteiger partial charge in [0, 0.05) is 18.3 Å². The lowest BCUT2D eigenvalue weighted by Gasteiger charge is -2.24. The molecule has 1 atom stereocenters. The maximum Gasteiger partial charge on any atom is 0.314 e. The number of esters is 1. The van der Waals surface area contributed by atoms with E-state index in [0.29, 0.717) is 11.3 Å². The van der Waals surface area contributed by atoms with Crippen LogP contribution in [0.4, 0.5) is 10.1 Å². The summed E-state index contributed by atoms with van der Waals surface area (Å²) in [6.45, 7) is -0.423. The van der Waals surface area contributed by atoms with Crippen LogP contribution in [0.3, 0.4) is 0 Å². The SMILES string of the molecule is O=C1C[C@@H](C(=O)OCC(=O)c2ccc[nH]2)c2ccc(F)cc2N1. The molecule has 1 aromatic heterocycles. The highest BCUT2D eigenvalue weighted by Crippen LogP contribution is 2.33. The smallest absolute Gasteiger partial charge is 0.314 e. The Morgan fingerprint density at radius 3 is 2.87 bits per heavy atom. The zero-order valence-corrected chi connectivity index (χ0v) is 12.0. The molecule has 0 unspecified atom stereocenters. The van der Waals surface area contributed by atoms with Crippen molar-refractivity contribution in [2.24, 2.45) is 0 Å². The molecule has 2 heterocycles. The number of carbonyl (C=O) groups is 3. The molecule has 7 heteroatoms. The topological polar surface area (TPSA) is 88.3 Å². The summed E-state index contributed by atoms with van der Waals surface area (Å²) in [6, 6.07) is 7.02. The van der Waals surface area contributed by atoms with E-state index >= 15 is 0 Å². The largest absolute Gasteiger partial charge is 0.457 e. The lowest BCUT2D eigenvalue weighted by Crippen LogP contribution is -2.29. The Kier molecular flexibility index (Phi) is 3.92. The number of ketones is 1. The van der Waals surface area contributed by atoms with E-state index in [2.05, 4.69) is 10.3 Å². The Balaban J connectivity index is 1.73. The highest BCUT2D eigenvalue weighted by atomic mass is 19.1. The highest BCUT2D eigenvalue weighted by molar-refractivity contribution is 6.01. The van der Waals surface area contributed by atoms with Crippen molar-refractivity contribution in [2.75, 3.05) is 11.9 Å². The van der Waals surface area contributed by atoms with Crippen molar-refractivity contribution in [3.8, 4) is 0 Å². The van der Waals surface area contributed by atoms with E-state index in [4.69, 9.17) is 4.74 Å². The molecule has 0 radical (unpaired) electrons. The van der Waals surface area contributed by atoms with Gasteiger partial charge >= 0.3 is 5.97 Å². The van der Waals surface area contributed by atoms with Crippen molar-refractivity contribution in [2.45, 2.75) is 12.3 Å². The molecule has 118 valence electrons. The minimum absolute atomic E-state index is 0.103. The van der Waals surface area contributed by atoms with E-state index < -0.39 is 30.2 Å². The summed E-state index contributed by atoms with van der Waals surface area (Å²) in [5.74, 6) is -2.83. The number of hydrogen-bond donors (Lipinski definition) is 2. The quantitative estimate of drug-likeness (QED) is 0.667. The number of aromatic nitrogens is 1. The molecule has 6 nitrogen and oxygen atoms in total. The van der Waals surface area contributed by atoms with Crippen molar-refractivity contribution in [3.05, 3.63) is 53.6 Å². The molecule has 1 aliphatic heterocycles. The molecule has 0 spiro atoms. The van der Waals surface area contributed by atoms with Crippen LogP contribution in [0.1, 0.15) is 28.4 Å². The van der Waals surface area contributed by atoms with E-state index in [1.54, 1.807) is 18.3 Å². The van der Waals surface area contributed by atoms with Crippen molar-refractivity contribution in [1.29, 1.82) is 0 Å². The van der Waals surface area contributed by atoms with Crippen LogP contribution in [-0.2, 0) is 14.3 Å². The molecule has 1 aromatic carbocycles. The minimum Gasteiger partial charge on any atom is -0.457 e. The first-order valence-electron chi connectivity index (χ1n) is 6.97. The lowest BCUT2D eigenvalue weighted by atomic mass is 9.90. The van der Waals surface area contributed by atoms with Gasteiger partial charge in [-0.2, -0.15) is 0 Å². The van der Waals surface area contributed by atoms with Crippen LogP contribution in [0.5, 0.6) is 0 Å². The van der Waals surface area contributed by atoms with Crippen LogP contribution in [-0.4, -0.2) is 29.3 Å². The Morgan fingerprint density at radius 2 is 2.13 bits per heavy atom. The van der Waals surface area contributed by atoms with Crippen molar-refractivity contribution >= 4 is 23.3 Å². The standard InChI is InChI=1S/C16H13FN2O4/c17-9-3-4-10-11(7-15(21)19-13(10)6-9)16(22)23-8-14(20)12-2-1-5-18-12/h1-6,11,18H,7-8H2,(H,19,21)/t11-/m1/s1. The summed E-state index contributed by atoms with van der Waals surface area (Å²) in [6.07, 6.45) is 1.49. The number of ether oxygens (including phenoxy) is 1. The van der Waals surface area contributed by atoms with Crippen molar-refractivity contribution in [1.82, 2.24) is 4.98 Å². The summed E-state index contributed by atoms with van der Waals surface area (Å²) in [4.78, 5) is 38.4. The first kappa shape index (κ1) is 15.0. The lowest BCUT2D eigenvalue weighted by molar-refractivity contribution is -0.145. The number of anilines is 1. The van der Waals surface area contributed by atoms with Gasteiger partial charge in [0.15, 0.2) is 6.61 Å². The fourth-order valence-electron chi connectivity index (χ4n) is 2.47. The minimum atomic E-state index is -0.851. The summed E-state index contributed by atoms with van der Waals surface area (Å²) in [5.41, 5.74) is 1.06. The van der Waals surface area contributed by atoms with Crippen LogP contribution in [0.15, 0.2) is 36.5 Å². The zero-order valence-electron chi connectivity index (χ0n) is 12.0. The molecule has 23 heavy (non-hydrogen) atoms. The molecule has 0 saturated carbocycles. The fraction of sp³-hybridized carbons (Fsp3) is 0.188. The number of hydrogen-bond acceptors (Lipinski definition) is 4. The summed E-state index contributed by atoms with van der Waals surface area (Å²) in [5, 5.41) is 2.51. The Labute approximate surface area is 130 Å². The monoisotopic (exact) mass is 316 g/mol. The van der Waals surface area contributed by atoms with Gasteiger partial charge in [-0.1, -0.05) is 6.07 Å². The number of rotatable bonds is 4. The van der Waals surface area contributed by atoms with Gasteiger partial charge in [-0.05, 0) is 29.8 Å². The number of halogens is 1. The molecule has 1 amide bonds. The van der Waals surface area contributed by atoms with Gasteiger partial charge in [0.05, 0.1) is 11.6 Å². The third-order valence-electron chi connectivity index (χ3n) is 3.58. The number of aromatic amines is 1. The van der Waals surface area contributed by atoms with Crippen LogP contribution >= 0.6 is 0 Å². The summed E-state index contributed by atoms with van der Waals surface area (Å²) in [7, 11) is 0. The molecule has 0 bridgehead atoms. The molecule has 0 aliphatic carbocycles. The van der Waals surface area contributed by atoms with Gasteiger partial charge < -0.3 is 15.0 Å². The van der Waals surface area contributed by atoms with E-state index in [1.165, 1.54) is 12.1 Å². The number of fused-ring (bicyclic) bond motifs is 1.